The zero-order valence-corrected chi connectivity index (χ0v) is 21.3. The van der Waals surface area contributed by atoms with Crippen molar-refractivity contribution in [1.82, 2.24) is 0 Å². The molecule has 2 unspecified atom stereocenters. The molecule has 0 bridgehead atoms. The van der Waals surface area contributed by atoms with Crippen LogP contribution in [0.5, 0.6) is 0 Å². The van der Waals surface area contributed by atoms with Crippen LogP contribution in [0.25, 0.3) is 0 Å². The summed E-state index contributed by atoms with van der Waals surface area (Å²) in [4.78, 5) is 0. The minimum atomic E-state index is -2.49. The van der Waals surface area contributed by atoms with E-state index in [1.165, 1.54) is 22.8 Å². The van der Waals surface area contributed by atoms with Crippen LogP contribution in [0.15, 0.2) is 0 Å². The zero-order valence-electron chi connectivity index (χ0n) is 14.7. The molecule has 0 radical (unpaired) electrons. The summed E-state index contributed by atoms with van der Waals surface area (Å²) in [5, 5.41) is 0. The van der Waals surface area contributed by atoms with E-state index in [2.05, 4.69) is 0 Å². The third-order valence-electron chi connectivity index (χ3n) is 2.48. The predicted octanol–water partition coefficient (Wildman–Crippen LogP) is 4.74. The monoisotopic (exact) mass is 562 g/mol. The molecule has 0 amide bonds. The quantitative estimate of drug-likeness (QED) is 0.246. The minimum Gasteiger partial charge on any atom is -0.361 e. The van der Waals surface area contributed by atoms with Crippen LogP contribution in [-0.2, 0) is 71.6 Å². The Labute approximate surface area is 183 Å². The molecule has 0 aromatic heterocycles. The van der Waals surface area contributed by atoms with Crippen molar-refractivity contribution in [3.8, 4) is 0 Å². The molecule has 1 saturated heterocycles. The molecule has 1 aliphatic rings. The SMILES string of the molecule is CCOP(=S)(OCC)SC1OCCOC1SP(=S)(OCC)OCC.[Pd]. The summed E-state index contributed by atoms with van der Waals surface area (Å²) in [6.45, 7) is 10.5. The van der Waals surface area contributed by atoms with Crippen molar-refractivity contribution in [2.24, 2.45) is 0 Å². The number of hydrogen-bond acceptors (Lipinski definition) is 10. The molecule has 0 N–H and O–H groups in total. The van der Waals surface area contributed by atoms with Gasteiger partial charge in [-0.15, -0.1) is 0 Å². The van der Waals surface area contributed by atoms with Gasteiger partial charge in [0, 0.05) is 20.4 Å². The first-order valence-corrected chi connectivity index (χ1v) is 16.0. The van der Waals surface area contributed by atoms with Crippen molar-refractivity contribution in [2.75, 3.05) is 39.6 Å². The van der Waals surface area contributed by atoms with Crippen molar-refractivity contribution >= 4 is 57.8 Å². The second kappa shape index (κ2) is 14.4. The Bertz CT molecular complexity index is 401. The molecular weight excluding hydrogens is 537 g/mol. The van der Waals surface area contributed by atoms with Gasteiger partial charge in [-0.25, -0.2) is 0 Å². The van der Waals surface area contributed by atoms with Gasteiger partial charge in [0.25, 0.3) is 0 Å². The number of rotatable bonds is 12. The fourth-order valence-corrected chi connectivity index (χ4v) is 12.7. The van der Waals surface area contributed by atoms with Crippen LogP contribution in [0, 0.1) is 0 Å². The average Bonchev–Trinajstić information content (AvgIpc) is 2.50. The van der Waals surface area contributed by atoms with Gasteiger partial charge in [-0.05, 0) is 74.1 Å². The fourth-order valence-electron chi connectivity index (χ4n) is 1.73. The van der Waals surface area contributed by atoms with E-state index in [0.717, 1.165) is 0 Å². The van der Waals surface area contributed by atoms with E-state index in [0.29, 0.717) is 39.6 Å². The Balaban J connectivity index is 0.00000576. The summed E-state index contributed by atoms with van der Waals surface area (Å²) in [5.41, 5.74) is -5.66. The second-order valence-electron chi connectivity index (χ2n) is 4.25. The molecule has 0 aliphatic carbocycles. The molecular formula is C12H26O6P2PdS4. The van der Waals surface area contributed by atoms with Gasteiger partial charge >= 0.3 is 0 Å². The third kappa shape index (κ3) is 10.1. The summed E-state index contributed by atoms with van der Waals surface area (Å²) in [7, 11) is 0. The summed E-state index contributed by atoms with van der Waals surface area (Å²) >= 11 is 13.9. The van der Waals surface area contributed by atoms with E-state index < -0.39 is 11.4 Å². The van der Waals surface area contributed by atoms with Crippen LogP contribution in [0.2, 0.25) is 0 Å². The van der Waals surface area contributed by atoms with Crippen LogP contribution in [0.3, 0.4) is 0 Å². The molecule has 2 atom stereocenters. The molecule has 1 aliphatic heterocycles. The topological polar surface area (TPSA) is 55.4 Å². The Morgan fingerprint density at radius 1 is 0.760 bits per heavy atom. The molecule has 1 heterocycles. The number of ether oxygens (including phenoxy) is 2. The normalized spacial score (nSPS) is 21.8. The molecule has 6 nitrogen and oxygen atoms in total. The van der Waals surface area contributed by atoms with Gasteiger partial charge in [0.05, 0.1) is 39.6 Å². The molecule has 0 spiro atoms. The van der Waals surface area contributed by atoms with Crippen molar-refractivity contribution in [3.05, 3.63) is 0 Å². The second-order valence-corrected chi connectivity index (χ2v) is 16.8. The predicted molar refractivity (Wildman–Crippen MR) is 110 cm³/mol. The van der Waals surface area contributed by atoms with Crippen LogP contribution >= 0.6 is 34.2 Å². The van der Waals surface area contributed by atoms with Crippen LogP contribution in [-0.4, -0.2) is 50.5 Å². The van der Waals surface area contributed by atoms with Crippen molar-refractivity contribution in [3.63, 3.8) is 0 Å². The maximum Gasteiger partial charge on any atom is 0.249 e. The maximum atomic E-state index is 5.86. The molecule has 13 heteroatoms. The molecule has 1 fully saturated rings. The zero-order chi connectivity index (χ0) is 18.1. The summed E-state index contributed by atoms with van der Waals surface area (Å²) in [6, 6.07) is 0. The molecule has 25 heavy (non-hydrogen) atoms. The Morgan fingerprint density at radius 3 is 1.28 bits per heavy atom. The van der Waals surface area contributed by atoms with E-state index in [1.807, 2.05) is 27.7 Å². The Kier molecular flexibility index (Phi) is 15.8. The smallest absolute Gasteiger partial charge is 0.249 e. The van der Waals surface area contributed by atoms with Gasteiger partial charge in [0.2, 0.25) is 11.4 Å². The van der Waals surface area contributed by atoms with Crippen molar-refractivity contribution in [1.29, 1.82) is 0 Å². The van der Waals surface area contributed by atoms with Crippen LogP contribution in [0.4, 0.5) is 0 Å². The van der Waals surface area contributed by atoms with Gasteiger partial charge < -0.3 is 27.6 Å². The molecule has 154 valence electrons. The van der Waals surface area contributed by atoms with Crippen LogP contribution < -0.4 is 0 Å². The maximum absolute atomic E-state index is 5.86. The van der Waals surface area contributed by atoms with E-state index in [1.54, 1.807) is 0 Å². The van der Waals surface area contributed by atoms with Gasteiger partial charge in [0.1, 0.15) is 10.9 Å². The van der Waals surface area contributed by atoms with Gasteiger partial charge in [-0.2, -0.15) is 0 Å². The molecule has 0 saturated carbocycles. The Morgan fingerprint density at radius 2 is 1.04 bits per heavy atom. The summed E-state index contributed by atoms with van der Waals surface area (Å²) < 4.78 is 34.5. The van der Waals surface area contributed by atoms with E-state index in [-0.39, 0.29) is 31.3 Å². The van der Waals surface area contributed by atoms with Crippen molar-refractivity contribution < 1.29 is 48.0 Å². The van der Waals surface area contributed by atoms with Gasteiger partial charge in [0.15, 0.2) is 0 Å². The minimum absolute atomic E-state index is 0. The summed E-state index contributed by atoms with van der Waals surface area (Å²) in [5.74, 6) is 0. The summed E-state index contributed by atoms with van der Waals surface area (Å²) in [6.07, 6.45) is 0. The standard InChI is InChI=1S/C12H26O6P2S4.Pd/c1-5-15-19(21,16-6-2)23-11-12(14-10-9-13-11)24-20(22,17-7-3)18-8-4;/h11-12H,5-10H2,1-4H3;. The van der Waals surface area contributed by atoms with Gasteiger partial charge in [-0.3, -0.25) is 0 Å². The average molecular weight is 563 g/mol. The first-order valence-electron chi connectivity index (χ1n) is 7.80. The first kappa shape index (κ1) is 27.4. The van der Waals surface area contributed by atoms with E-state index >= 15 is 0 Å². The van der Waals surface area contributed by atoms with Gasteiger partial charge in [-0.1, -0.05) is 0 Å². The molecule has 0 aromatic rings. The van der Waals surface area contributed by atoms with Crippen LogP contribution in [0.1, 0.15) is 27.7 Å². The molecule has 0 aromatic carbocycles. The first-order chi connectivity index (χ1) is 11.4. The Hall–Kier alpha value is 2.42. The van der Waals surface area contributed by atoms with E-state index in [4.69, 9.17) is 51.2 Å². The number of hydrogen-bond donors (Lipinski definition) is 0. The van der Waals surface area contributed by atoms with E-state index in [9.17, 15) is 0 Å². The molecule has 1 rings (SSSR count). The third-order valence-corrected chi connectivity index (χ3v) is 13.5. The van der Waals surface area contributed by atoms with Crippen molar-refractivity contribution in [2.45, 2.75) is 38.6 Å². The fraction of sp³-hybridized carbons (Fsp3) is 1.00. The largest absolute Gasteiger partial charge is 0.361 e.